The first kappa shape index (κ1) is 9.38. The summed E-state index contributed by atoms with van der Waals surface area (Å²) in [5.74, 6) is 0. The van der Waals surface area contributed by atoms with E-state index in [-0.39, 0.29) is 0 Å². The fraction of sp³-hybridized carbons (Fsp3) is 0.300. The van der Waals surface area contributed by atoms with Crippen LogP contribution in [0.1, 0.15) is 5.56 Å². The number of hydrogen-bond donors (Lipinski definition) is 1. The molecule has 0 saturated carbocycles. The van der Waals surface area contributed by atoms with Crippen molar-refractivity contribution in [3.8, 4) is 6.07 Å². The minimum atomic E-state index is 0.541. The number of benzene rings is 1. The van der Waals surface area contributed by atoms with Gasteiger partial charge < -0.3 is 10.5 Å². The van der Waals surface area contributed by atoms with E-state index in [0.29, 0.717) is 16.5 Å². The van der Waals surface area contributed by atoms with Crippen molar-refractivity contribution in [2.75, 3.05) is 18.9 Å². The van der Waals surface area contributed by atoms with Crippen molar-refractivity contribution in [1.82, 2.24) is 0 Å². The highest BCUT2D eigenvalue weighted by molar-refractivity contribution is 8.00. The van der Waals surface area contributed by atoms with E-state index in [9.17, 15) is 0 Å². The van der Waals surface area contributed by atoms with Crippen LogP contribution in [0.15, 0.2) is 23.1 Å². The molecule has 1 aliphatic rings. The van der Waals surface area contributed by atoms with Crippen LogP contribution < -0.4 is 5.73 Å². The van der Waals surface area contributed by atoms with Crippen molar-refractivity contribution in [3.05, 3.63) is 23.8 Å². The molecule has 0 atom stereocenters. The summed E-state index contributed by atoms with van der Waals surface area (Å²) < 4.78 is 5.08. The second kappa shape index (κ2) is 3.91. The molecule has 0 amide bonds. The molecule has 0 unspecified atom stereocenters. The van der Waals surface area contributed by atoms with E-state index < -0.39 is 0 Å². The fourth-order valence-corrected chi connectivity index (χ4v) is 2.25. The molecule has 72 valence electrons. The second-order valence-electron chi connectivity index (χ2n) is 3.14. The lowest BCUT2D eigenvalue weighted by Crippen LogP contribution is -2.30. The van der Waals surface area contributed by atoms with Crippen LogP contribution in [0.4, 0.5) is 5.69 Å². The molecule has 1 heterocycles. The Labute approximate surface area is 86.9 Å². The molecule has 0 spiro atoms. The van der Waals surface area contributed by atoms with Crippen LogP contribution >= 0.6 is 11.8 Å². The average Bonchev–Trinajstić information content (AvgIpc) is 2.12. The van der Waals surface area contributed by atoms with Crippen molar-refractivity contribution in [2.24, 2.45) is 0 Å². The lowest BCUT2D eigenvalue weighted by Gasteiger charge is -2.25. The average molecular weight is 206 g/mol. The molecule has 1 fully saturated rings. The molecule has 1 saturated heterocycles. The predicted octanol–water partition coefficient (Wildman–Crippen LogP) is 1.63. The van der Waals surface area contributed by atoms with E-state index in [2.05, 4.69) is 0 Å². The van der Waals surface area contributed by atoms with Crippen LogP contribution in [0.3, 0.4) is 0 Å². The molecule has 0 aromatic heterocycles. The molecule has 0 aliphatic carbocycles. The van der Waals surface area contributed by atoms with E-state index in [4.69, 9.17) is 15.7 Å². The molecule has 1 aromatic rings. The van der Waals surface area contributed by atoms with Crippen LogP contribution in [-0.2, 0) is 4.74 Å². The van der Waals surface area contributed by atoms with E-state index in [1.807, 2.05) is 18.2 Å². The number of hydrogen-bond acceptors (Lipinski definition) is 4. The Bertz CT molecular complexity index is 382. The van der Waals surface area contributed by atoms with Gasteiger partial charge >= 0.3 is 0 Å². The van der Waals surface area contributed by atoms with Crippen molar-refractivity contribution < 1.29 is 4.74 Å². The Morgan fingerprint density at radius 3 is 2.79 bits per heavy atom. The van der Waals surface area contributed by atoms with Crippen LogP contribution in [0.5, 0.6) is 0 Å². The van der Waals surface area contributed by atoms with Crippen molar-refractivity contribution in [1.29, 1.82) is 5.26 Å². The van der Waals surface area contributed by atoms with Gasteiger partial charge in [0.25, 0.3) is 0 Å². The monoisotopic (exact) mass is 206 g/mol. The molecule has 2 rings (SSSR count). The summed E-state index contributed by atoms with van der Waals surface area (Å²) in [6, 6.07) is 7.58. The van der Waals surface area contributed by atoms with Gasteiger partial charge in [0, 0.05) is 4.90 Å². The van der Waals surface area contributed by atoms with Gasteiger partial charge in [0.2, 0.25) is 0 Å². The molecule has 1 aromatic carbocycles. The molecular formula is C10H10N2OS. The maximum atomic E-state index is 8.69. The third-order valence-corrected chi connectivity index (χ3v) is 3.19. The SMILES string of the molecule is N#Cc1ccc(SC2COC2)cc1N. The van der Waals surface area contributed by atoms with Gasteiger partial charge in [-0.3, -0.25) is 0 Å². The number of thioether (sulfide) groups is 1. The van der Waals surface area contributed by atoms with Gasteiger partial charge in [-0.2, -0.15) is 5.26 Å². The summed E-state index contributed by atoms with van der Waals surface area (Å²) in [5.41, 5.74) is 6.79. The largest absolute Gasteiger partial charge is 0.398 e. The standard InChI is InChI=1S/C10H10N2OS/c11-4-7-1-2-8(3-10(7)12)14-9-5-13-6-9/h1-3,9H,5-6,12H2. The molecule has 0 bridgehead atoms. The summed E-state index contributed by atoms with van der Waals surface area (Å²) >= 11 is 1.75. The molecule has 2 N–H and O–H groups in total. The summed E-state index contributed by atoms with van der Waals surface area (Å²) in [5, 5.41) is 9.24. The predicted molar refractivity (Wildman–Crippen MR) is 56.0 cm³/mol. The van der Waals surface area contributed by atoms with E-state index in [1.165, 1.54) is 0 Å². The molecule has 4 heteroatoms. The highest BCUT2D eigenvalue weighted by atomic mass is 32.2. The third-order valence-electron chi connectivity index (χ3n) is 2.05. The Balaban J connectivity index is 2.12. The minimum absolute atomic E-state index is 0.541. The van der Waals surface area contributed by atoms with E-state index in [1.54, 1.807) is 17.8 Å². The van der Waals surface area contributed by atoms with E-state index in [0.717, 1.165) is 18.1 Å². The van der Waals surface area contributed by atoms with Crippen LogP contribution in [0.25, 0.3) is 0 Å². The zero-order valence-electron chi connectivity index (χ0n) is 7.56. The van der Waals surface area contributed by atoms with Gasteiger partial charge in [-0.15, -0.1) is 11.8 Å². The zero-order chi connectivity index (χ0) is 9.97. The maximum Gasteiger partial charge on any atom is 0.101 e. The van der Waals surface area contributed by atoms with Crippen molar-refractivity contribution in [2.45, 2.75) is 10.1 Å². The first-order chi connectivity index (χ1) is 6.79. The topological polar surface area (TPSA) is 59.0 Å². The summed E-state index contributed by atoms with van der Waals surface area (Å²) in [7, 11) is 0. The highest BCUT2D eigenvalue weighted by Gasteiger charge is 2.19. The van der Waals surface area contributed by atoms with Gasteiger partial charge in [-0.25, -0.2) is 0 Å². The van der Waals surface area contributed by atoms with Gasteiger partial charge in [0.15, 0.2) is 0 Å². The number of nitrogens with zero attached hydrogens (tertiary/aromatic N) is 1. The van der Waals surface area contributed by atoms with Crippen LogP contribution in [0, 0.1) is 11.3 Å². The number of nitrogen functional groups attached to an aromatic ring is 1. The summed E-state index contributed by atoms with van der Waals surface area (Å²) in [6.07, 6.45) is 0. The Kier molecular flexibility index (Phi) is 2.62. The normalized spacial score (nSPS) is 15.9. The number of ether oxygens (including phenoxy) is 1. The number of nitriles is 1. The van der Waals surface area contributed by atoms with Gasteiger partial charge in [-0.1, -0.05) is 0 Å². The molecular weight excluding hydrogens is 196 g/mol. The Morgan fingerprint density at radius 2 is 2.29 bits per heavy atom. The van der Waals surface area contributed by atoms with Crippen molar-refractivity contribution >= 4 is 17.4 Å². The molecule has 1 aliphatic heterocycles. The highest BCUT2D eigenvalue weighted by Crippen LogP contribution is 2.29. The molecule has 3 nitrogen and oxygen atoms in total. The van der Waals surface area contributed by atoms with Gasteiger partial charge in [0.1, 0.15) is 6.07 Å². The van der Waals surface area contributed by atoms with Gasteiger partial charge in [0.05, 0.1) is 29.7 Å². The van der Waals surface area contributed by atoms with Gasteiger partial charge in [-0.05, 0) is 18.2 Å². The Morgan fingerprint density at radius 1 is 1.50 bits per heavy atom. The first-order valence-electron chi connectivity index (χ1n) is 4.33. The first-order valence-corrected chi connectivity index (χ1v) is 5.21. The maximum absolute atomic E-state index is 8.69. The second-order valence-corrected chi connectivity index (χ2v) is 4.51. The molecule has 0 radical (unpaired) electrons. The lowest BCUT2D eigenvalue weighted by atomic mass is 10.2. The van der Waals surface area contributed by atoms with E-state index >= 15 is 0 Å². The number of nitrogens with two attached hydrogens (primary N) is 1. The zero-order valence-corrected chi connectivity index (χ0v) is 8.38. The Hall–Kier alpha value is -1.18. The minimum Gasteiger partial charge on any atom is -0.398 e. The third kappa shape index (κ3) is 1.84. The molecule has 14 heavy (non-hydrogen) atoms. The van der Waals surface area contributed by atoms with Crippen LogP contribution in [-0.4, -0.2) is 18.5 Å². The van der Waals surface area contributed by atoms with Crippen LogP contribution in [0.2, 0.25) is 0 Å². The summed E-state index contributed by atoms with van der Waals surface area (Å²) in [4.78, 5) is 1.11. The fourth-order valence-electron chi connectivity index (χ4n) is 1.19. The smallest absolute Gasteiger partial charge is 0.101 e. The van der Waals surface area contributed by atoms with Crippen molar-refractivity contribution in [3.63, 3.8) is 0 Å². The number of rotatable bonds is 2. The lowest BCUT2D eigenvalue weighted by molar-refractivity contribution is 0.0455. The quantitative estimate of drug-likeness (QED) is 0.747. The number of anilines is 1. The summed E-state index contributed by atoms with van der Waals surface area (Å²) in [6.45, 7) is 1.62.